The van der Waals surface area contributed by atoms with Crippen molar-refractivity contribution in [3.8, 4) is 6.07 Å². The molecule has 1 heterocycles. The average Bonchev–Trinajstić information content (AvgIpc) is 2.82. The molecule has 0 saturated heterocycles. The number of nitrogens with one attached hydrogen (secondary N) is 2. The lowest BCUT2D eigenvalue weighted by atomic mass is 9.96. The summed E-state index contributed by atoms with van der Waals surface area (Å²) in [6.45, 7) is 4.02. The summed E-state index contributed by atoms with van der Waals surface area (Å²) in [6, 6.07) is 24.6. The molecule has 158 valence electrons. The third-order valence-electron chi connectivity index (χ3n) is 5.16. The zero-order valence-corrected chi connectivity index (χ0v) is 17.9. The van der Waals surface area contributed by atoms with Crippen molar-refractivity contribution in [1.29, 1.82) is 5.26 Å². The normalized spacial score (nSPS) is 11.4. The van der Waals surface area contributed by atoms with Crippen LogP contribution in [0.15, 0.2) is 79.0 Å². The van der Waals surface area contributed by atoms with Crippen LogP contribution in [0.5, 0.6) is 0 Å². The van der Waals surface area contributed by atoms with Crippen molar-refractivity contribution >= 4 is 23.1 Å². The summed E-state index contributed by atoms with van der Waals surface area (Å²) in [4.78, 5) is 8.82. The molecule has 0 aliphatic rings. The van der Waals surface area contributed by atoms with Crippen LogP contribution in [-0.4, -0.2) is 15.1 Å². The molecular weight excluding hydrogens is 398 g/mol. The quantitative estimate of drug-likeness (QED) is 0.379. The van der Waals surface area contributed by atoms with Gasteiger partial charge in [-0.2, -0.15) is 10.2 Å². The van der Waals surface area contributed by atoms with Crippen LogP contribution < -0.4 is 10.6 Å². The number of aliphatic hydroxyl groups excluding tert-OH is 1. The Morgan fingerprint density at radius 1 is 0.875 bits per heavy atom. The topological polar surface area (TPSA) is 93.9 Å². The molecule has 0 spiro atoms. The number of anilines is 4. The molecule has 0 fully saturated rings. The van der Waals surface area contributed by atoms with E-state index < -0.39 is 6.10 Å². The van der Waals surface area contributed by atoms with Crippen LogP contribution in [0.4, 0.5) is 23.1 Å². The zero-order chi connectivity index (χ0) is 22.5. The fourth-order valence-corrected chi connectivity index (χ4v) is 3.55. The Morgan fingerprint density at radius 3 is 2.22 bits per heavy atom. The molecule has 0 amide bonds. The Balaban J connectivity index is 1.54. The number of aliphatic hydroxyl groups is 1. The number of nitriles is 1. The molecule has 3 N–H and O–H groups in total. The largest absolute Gasteiger partial charge is 0.384 e. The smallest absolute Gasteiger partial charge is 0.229 e. The van der Waals surface area contributed by atoms with Crippen molar-refractivity contribution in [1.82, 2.24) is 9.97 Å². The average molecular weight is 422 g/mol. The highest BCUT2D eigenvalue weighted by Crippen LogP contribution is 2.30. The molecule has 0 aliphatic carbocycles. The second kappa shape index (κ2) is 9.29. The fourth-order valence-electron chi connectivity index (χ4n) is 3.55. The molecule has 0 aliphatic heterocycles. The molecule has 1 atom stereocenters. The first-order valence-corrected chi connectivity index (χ1v) is 10.2. The first kappa shape index (κ1) is 21.0. The maximum Gasteiger partial charge on any atom is 0.229 e. The fraction of sp³-hybridized carbons (Fsp3) is 0.115. The summed E-state index contributed by atoms with van der Waals surface area (Å²) in [5, 5.41) is 26.2. The van der Waals surface area contributed by atoms with E-state index in [4.69, 9.17) is 5.26 Å². The molecule has 0 radical (unpaired) electrons. The number of nitrogens with zero attached hydrogens (tertiary/aromatic N) is 3. The second-order valence-corrected chi connectivity index (χ2v) is 7.55. The van der Waals surface area contributed by atoms with Crippen LogP contribution in [0.2, 0.25) is 0 Å². The molecule has 6 nitrogen and oxygen atoms in total. The summed E-state index contributed by atoms with van der Waals surface area (Å²) in [5.74, 6) is 1.10. The summed E-state index contributed by atoms with van der Waals surface area (Å²) >= 11 is 0. The zero-order valence-electron chi connectivity index (χ0n) is 17.9. The van der Waals surface area contributed by atoms with Gasteiger partial charge in [0, 0.05) is 17.6 Å². The van der Waals surface area contributed by atoms with Gasteiger partial charge in [-0.15, -0.1) is 0 Å². The predicted octanol–water partition coefficient (Wildman–Crippen LogP) is 5.53. The van der Waals surface area contributed by atoms with E-state index in [1.165, 1.54) is 0 Å². The maximum atomic E-state index is 10.8. The van der Waals surface area contributed by atoms with E-state index >= 15 is 0 Å². The van der Waals surface area contributed by atoms with Crippen molar-refractivity contribution in [2.45, 2.75) is 20.0 Å². The lowest BCUT2D eigenvalue weighted by Gasteiger charge is -2.18. The lowest BCUT2D eigenvalue weighted by molar-refractivity contribution is 0.220. The van der Waals surface area contributed by atoms with Crippen molar-refractivity contribution in [3.05, 3.63) is 107 Å². The minimum absolute atomic E-state index is 0.450. The Hall–Kier alpha value is -4.21. The van der Waals surface area contributed by atoms with E-state index in [1.807, 2.05) is 68.4 Å². The number of hydrogen-bond donors (Lipinski definition) is 3. The Labute approximate surface area is 187 Å². The van der Waals surface area contributed by atoms with Gasteiger partial charge in [0.05, 0.1) is 11.6 Å². The number of aryl methyl sites for hydroxylation is 2. The van der Waals surface area contributed by atoms with E-state index in [0.29, 0.717) is 17.3 Å². The van der Waals surface area contributed by atoms with Crippen LogP contribution in [0.25, 0.3) is 0 Å². The molecule has 4 rings (SSSR count). The van der Waals surface area contributed by atoms with E-state index in [0.717, 1.165) is 33.6 Å². The molecular formula is C26H23N5O. The third kappa shape index (κ3) is 4.75. The minimum atomic E-state index is -0.676. The van der Waals surface area contributed by atoms with Crippen molar-refractivity contribution in [2.75, 3.05) is 10.6 Å². The van der Waals surface area contributed by atoms with Gasteiger partial charge in [-0.1, -0.05) is 42.5 Å². The van der Waals surface area contributed by atoms with Gasteiger partial charge in [0.2, 0.25) is 5.95 Å². The predicted molar refractivity (Wildman–Crippen MR) is 126 cm³/mol. The monoisotopic (exact) mass is 421 g/mol. The number of benzene rings is 3. The maximum absolute atomic E-state index is 10.8. The summed E-state index contributed by atoms with van der Waals surface area (Å²) in [6.07, 6.45) is 1.00. The van der Waals surface area contributed by atoms with E-state index in [9.17, 15) is 5.11 Å². The van der Waals surface area contributed by atoms with Crippen molar-refractivity contribution in [2.24, 2.45) is 0 Å². The van der Waals surface area contributed by atoms with E-state index in [1.54, 1.807) is 24.4 Å². The lowest BCUT2D eigenvalue weighted by Crippen LogP contribution is -2.05. The summed E-state index contributed by atoms with van der Waals surface area (Å²) in [7, 11) is 0. The van der Waals surface area contributed by atoms with Gasteiger partial charge in [0.1, 0.15) is 11.9 Å². The Morgan fingerprint density at radius 2 is 1.56 bits per heavy atom. The van der Waals surface area contributed by atoms with Gasteiger partial charge in [0.25, 0.3) is 0 Å². The molecule has 1 unspecified atom stereocenters. The highest BCUT2D eigenvalue weighted by atomic mass is 16.3. The van der Waals surface area contributed by atoms with Gasteiger partial charge in [-0.3, -0.25) is 0 Å². The first-order valence-electron chi connectivity index (χ1n) is 10.2. The molecule has 4 aromatic rings. The number of aromatic nitrogens is 2. The molecule has 0 saturated carbocycles. The number of rotatable bonds is 6. The molecule has 32 heavy (non-hydrogen) atoms. The standard InChI is InChI=1S/C26H23N5O/c1-17-14-21(25(32)20-6-4-3-5-7-20)15-18(2)24(17)30-23-12-13-28-26(31-23)29-22-10-8-19(16-27)9-11-22/h3-15,25,32H,1-2H3,(H2,28,29,30,31). The van der Waals surface area contributed by atoms with Gasteiger partial charge in [-0.25, -0.2) is 4.98 Å². The van der Waals surface area contributed by atoms with Gasteiger partial charge >= 0.3 is 0 Å². The molecule has 1 aromatic heterocycles. The van der Waals surface area contributed by atoms with E-state index in [-0.39, 0.29) is 0 Å². The first-order chi connectivity index (χ1) is 15.5. The Bertz CT molecular complexity index is 1240. The van der Waals surface area contributed by atoms with Crippen molar-refractivity contribution < 1.29 is 5.11 Å². The summed E-state index contributed by atoms with van der Waals surface area (Å²) < 4.78 is 0. The number of hydrogen-bond acceptors (Lipinski definition) is 6. The molecule has 6 heteroatoms. The van der Waals surface area contributed by atoms with Gasteiger partial charge in [-0.05, 0) is 66.4 Å². The molecule has 3 aromatic carbocycles. The Kier molecular flexibility index (Phi) is 6.11. The van der Waals surface area contributed by atoms with Crippen LogP contribution in [-0.2, 0) is 0 Å². The van der Waals surface area contributed by atoms with Gasteiger partial charge < -0.3 is 15.7 Å². The highest BCUT2D eigenvalue weighted by Gasteiger charge is 2.14. The minimum Gasteiger partial charge on any atom is -0.384 e. The van der Waals surface area contributed by atoms with Crippen LogP contribution >= 0.6 is 0 Å². The second-order valence-electron chi connectivity index (χ2n) is 7.55. The van der Waals surface area contributed by atoms with Crippen LogP contribution in [0, 0.1) is 25.2 Å². The highest BCUT2D eigenvalue weighted by molar-refractivity contribution is 5.66. The van der Waals surface area contributed by atoms with Gasteiger partial charge in [0.15, 0.2) is 0 Å². The summed E-state index contributed by atoms with van der Waals surface area (Å²) in [5.41, 5.74) is 6.07. The van der Waals surface area contributed by atoms with Crippen LogP contribution in [0.1, 0.15) is 33.9 Å². The third-order valence-corrected chi connectivity index (χ3v) is 5.16. The molecule has 0 bridgehead atoms. The van der Waals surface area contributed by atoms with Crippen molar-refractivity contribution in [3.63, 3.8) is 0 Å². The SMILES string of the molecule is Cc1cc(C(O)c2ccccc2)cc(C)c1Nc1ccnc(Nc2ccc(C#N)cc2)n1. The van der Waals surface area contributed by atoms with Crippen LogP contribution in [0.3, 0.4) is 0 Å². The van der Waals surface area contributed by atoms with E-state index in [2.05, 4.69) is 26.7 Å².